The molecule has 22 heavy (non-hydrogen) atoms. The molecule has 0 spiro atoms. The summed E-state index contributed by atoms with van der Waals surface area (Å²) < 4.78 is 40.0. The fourth-order valence-corrected chi connectivity index (χ4v) is 3.37. The van der Waals surface area contributed by atoms with Gasteiger partial charge < -0.3 is 4.57 Å². The van der Waals surface area contributed by atoms with Crippen molar-refractivity contribution in [1.29, 1.82) is 0 Å². The number of para-hydroxylation sites is 1. The van der Waals surface area contributed by atoms with Crippen molar-refractivity contribution < 1.29 is 13.2 Å². The molecule has 3 aromatic rings. The van der Waals surface area contributed by atoms with Crippen molar-refractivity contribution in [3.05, 3.63) is 33.9 Å². The molecular formula is C14H11ClF3N3S. The number of alkyl halides is 3. The number of rotatable bonds is 2. The van der Waals surface area contributed by atoms with Crippen LogP contribution in [0.4, 0.5) is 13.2 Å². The number of halogens is 4. The molecule has 0 aliphatic heterocycles. The van der Waals surface area contributed by atoms with Gasteiger partial charge in [-0.2, -0.15) is 13.2 Å². The van der Waals surface area contributed by atoms with E-state index in [0.717, 1.165) is 5.52 Å². The van der Waals surface area contributed by atoms with Crippen LogP contribution in [0, 0.1) is 0 Å². The Morgan fingerprint density at radius 2 is 1.95 bits per heavy atom. The molecule has 0 unspecified atom stereocenters. The van der Waals surface area contributed by atoms with Crippen molar-refractivity contribution in [2.24, 2.45) is 0 Å². The van der Waals surface area contributed by atoms with E-state index in [0.29, 0.717) is 27.7 Å². The third-order valence-electron chi connectivity index (χ3n) is 3.22. The highest BCUT2D eigenvalue weighted by atomic mass is 35.5. The molecule has 0 saturated carbocycles. The molecule has 3 nitrogen and oxygen atoms in total. The smallest absolute Gasteiger partial charge is 0.312 e. The quantitative estimate of drug-likeness (QED) is 0.621. The zero-order valence-corrected chi connectivity index (χ0v) is 13.2. The molecule has 0 fully saturated rings. The number of imidazole rings is 1. The molecule has 0 atom stereocenters. The van der Waals surface area contributed by atoms with Crippen LogP contribution < -0.4 is 0 Å². The summed E-state index contributed by atoms with van der Waals surface area (Å²) in [5.74, 6) is 0. The van der Waals surface area contributed by atoms with Crippen LogP contribution in [0.1, 0.15) is 24.9 Å². The monoisotopic (exact) mass is 345 g/mol. The fourth-order valence-electron chi connectivity index (χ4n) is 2.31. The summed E-state index contributed by atoms with van der Waals surface area (Å²) in [4.78, 5) is 7.98. The lowest BCUT2D eigenvalue weighted by Crippen LogP contribution is -2.03. The molecule has 116 valence electrons. The largest absolute Gasteiger partial charge is 0.443 e. The highest BCUT2D eigenvalue weighted by Crippen LogP contribution is 2.37. The maximum absolute atomic E-state index is 12.7. The molecule has 2 heterocycles. The second kappa shape index (κ2) is 5.24. The molecule has 0 amide bonds. The topological polar surface area (TPSA) is 30.7 Å². The molecule has 0 aliphatic carbocycles. The zero-order chi connectivity index (χ0) is 16.1. The van der Waals surface area contributed by atoms with Gasteiger partial charge in [0.05, 0.1) is 16.7 Å². The predicted octanol–water partition coefficient (Wildman–Crippen LogP) is 5.41. The van der Waals surface area contributed by atoms with E-state index in [1.165, 1.54) is 5.38 Å². The minimum absolute atomic E-state index is 0.0916. The van der Waals surface area contributed by atoms with Gasteiger partial charge >= 0.3 is 6.18 Å². The SMILES string of the molecule is CC(C)n1c(Cl)nc2c(-c3csc(C(F)(F)F)n3)cccc21. The first-order valence-electron chi connectivity index (χ1n) is 6.48. The number of hydrogen-bond donors (Lipinski definition) is 0. The Balaban J connectivity index is 2.20. The van der Waals surface area contributed by atoms with Crippen LogP contribution in [0.3, 0.4) is 0 Å². The lowest BCUT2D eigenvalue weighted by atomic mass is 10.1. The van der Waals surface area contributed by atoms with Gasteiger partial charge in [0, 0.05) is 17.0 Å². The normalized spacial score (nSPS) is 12.5. The molecule has 0 N–H and O–H groups in total. The lowest BCUT2D eigenvalue weighted by molar-refractivity contribution is -0.137. The van der Waals surface area contributed by atoms with E-state index in [1.807, 2.05) is 24.5 Å². The van der Waals surface area contributed by atoms with E-state index >= 15 is 0 Å². The molecule has 3 rings (SSSR count). The number of hydrogen-bond acceptors (Lipinski definition) is 3. The van der Waals surface area contributed by atoms with E-state index in [2.05, 4.69) is 9.97 Å². The van der Waals surface area contributed by atoms with E-state index in [-0.39, 0.29) is 11.7 Å². The molecule has 0 saturated heterocycles. The van der Waals surface area contributed by atoms with Gasteiger partial charge in [-0.1, -0.05) is 12.1 Å². The van der Waals surface area contributed by atoms with Gasteiger partial charge in [0.1, 0.15) is 0 Å². The first-order valence-corrected chi connectivity index (χ1v) is 7.74. The van der Waals surface area contributed by atoms with E-state index in [9.17, 15) is 13.2 Å². The standard InChI is InChI=1S/C14H11ClF3N3S/c1-7(2)21-10-5-3-4-8(11(10)20-13(21)15)9-6-22-12(19-9)14(16,17)18/h3-7H,1-2H3. The zero-order valence-electron chi connectivity index (χ0n) is 11.6. The van der Waals surface area contributed by atoms with Crippen molar-refractivity contribution in [3.63, 3.8) is 0 Å². The predicted molar refractivity (Wildman–Crippen MR) is 81.2 cm³/mol. The molecule has 1 aromatic carbocycles. The van der Waals surface area contributed by atoms with Crippen molar-refractivity contribution >= 4 is 34.0 Å². The van der Waals surface area contributed by atoms with Gasteiger partial charge in [-0.05, 0) is 31.5 Å². The van der Waals surface area contributed by atoms with Crippen LogP contribution in [-0.4, -0.2) is 14.5 Å². The number of aromatic nitrogens is 3. The van der Waals surface area contributed by atoms with Crippen LogP contribution >= 0.6 is 22.9 Å². The van der Waals surface area contributed by atoms with Gasteiger partial charge in [0.2, 0.25) is 5.28 Å². The Labute approximate surface area is 133 Å². The van der Waals surface area contributed by atoms with Crippen LogP contribution in [0.2, 0.25) is 5.28 Å². The van der Waals surface area contributed by atoms with E-state index in [4.69, 9.17) is 11.6 Å². The van der Waals surface area contributed by atoms with Crippen molar-refractivity contribution in [2.45, 2.75) is 26.1 Å². The minimum Gasteiger partial charge on any atom is -0.312 e. The number of fused-ring (bicyclic) bond motifs is 1. The highest BCUT2D eigenvalue weighted by Gasteiger charge is 2.34. The first kappa shape index (κ1) is 15.3. The Morgan fingerprint density at radius 1 is 1.23 bits per heavy atom. The average Bonchev–Trinajstić information content (AvgIpc) is 3.00. The summed E-state index contributed by atoms with van der Waals surface area (Å²) in [6.45, 7) is 3.93. The third kappa shape index (κ3) is 2.48. The second-order valence-corrected chi connectivity index (χ2v) is 6.25. The van der Waals surface area contributed by atoms with Crippen molar-refractivity contribution in [2.75, 3.05) is 0 Å². The van der Waals surface area contributed by atoms with Gasteiger partial charge in [0.15, 0.2) is 5.01 Å². The number of benzene rings is 1. The molecule has 2 aromatic heterocycles. The average molecular weight is 346 g/mol. The summed E-state index contributed by atoms with van der Waals surface area (Å²) >= 11 is 6.73. The summed E-state index contributed by atoms with van der Waals surface area (Å²) in [6.07, 6.45) is -4.44. The van der Waals surface area contributed by atoms with Gasteiger partial charge in [0.25, 0.3) is 0 Å². The maximum Gasteiger partial charge on any atom is 0.443 e. The number of nitrogens with zero attached hydrogens (tertiary/aromatic N) is 3. The molecule has 0 bridgehead atoms. The maximum atomic E-state index is 12.7. The first-order chi connectivity index (χ1) is 10.3. The second-order valence-electron chi connectivity index (χ2n) is 5.05. The van der Waals surface area contributed by atoms with Crippen LogP contribution in [0.5, 0.6) is 0 Å². The summed E-state index contributed by atoms with van der Waals surface area (Å²) in [5, 5.41) is 0.831. The molecule has 0 radical (unpaired) electrons. The fraction of sp³-hybridized carbons (Fsp3) is 0.286. The van der Waals surface area contributed by atoms with Crippen LogP contribution in [0.15, 0.2) is 23.6 Å². The Bertz CT molecular complexity index is 836. The Hall–Kier alpha value is -1.60. The van der Waals surface area contributed by atoms with Gasteiger partial charge in [-0.3, -0.25) is 0 Å². The Morgan fingerprint density at radius 3 is 2.55 bits per heavy atom. The summed E-state index contributed by atoms with van der Waals surface area (Å²) in [5.41, 5.74) is 2.14. The van der Waals surface area contributed by atoms with E-state index in [1.54, 1.807) is 12.1 Å². The summed E-state index contributed by atoms with van der Waals surface area (Å²) in [7, 11) is 0. The van der Waals surface area contributed by atoms with Gasteiger partial charge in [-0.15, -0.1) is 11.3 Å². The Kier molecular flexibility index (Phi) is 3.65. The van der Waals surface area contributed by atoms with Crippen LogP contribution in [-0.2, 0) is 6.18 Å². The number of thiazole rings is 1. The molecule has 8 heteroatoms. The third-order valence-corrected chi connectivity index (χ3v) is 4.37. The van der Waals surface area contributed by atoms with Crippen LogP contribution in [0.25, 0.3) is 22.3 Å². The molecular weight excluding hydrogens is 335 g/mol. The summed E-state index contributed by atoms with van der Waals surface area (Å²) in [6, 6.07) is 5.40. The van der Waals surface area contributed by atoms with E-state index < -0.39 is 11.2 Å². The minimum atomic E-state index is -4.44. The van der Waals surface area contributed by atoms with Crippen molar-refractivity contribution in [3.8, 4) is 11.3 Å². The van der Waals surface area contributed by atoms with Gasteiger partial charge in [-0.25, -0.2) is 9.97 Å². The van der Waals surface area contributed by atoms with Crippen molar-refractivity contribution in [1.82, 2.24) is 14.5 Å². The molecule has 0 aliphatic rings. The lowest BCUT2D eigenvalue weighted by Gasteiger charge is -2.09. The highest BCUT2D eigenvalue weighted by molar-refractivity contribution is 7.10.